The molecule has 0 radical (unpaired) electrons. The lowest BCUT2D eigenvalue weighted by Crippen LogP contribution is -2.59. The van der Waals surface area contributed by atoms with Crippen LogP contribution >= 0.6 is 22.9 Å². The highest BCUT2D eigenvalue weighted by atomic mass is 35.5. The van der Waals surface area contributed by atoms with Crippen LogP contribution in [-0.2, 0) is 20.8 Å². The van der Waals surface area contributed by atoms with Crippen molar-refractivity contribution in [3.63, 3.8) is 0 Å². The summed E-state index contributed by atoms with van der Waals surface area (Å²) in [5, 5.41) is 13.1. The fourth-order valence-electron chi connectivity index (χ4n) is 4.39. The number of nitrogen functional groups attached to an aromatic ring is 1. The summed E-state index contributed by atoms with van der Waals surface area (Å²) < 4.78 is 18.4. The van der Waals surface area contributed by atoms with Gasteiger partial charge in [-0.2, -0.15) is 0 Å². The van der Waals surface area contributed by atoms with Crippen molar-refractivity contribution in [1.29, 1.82) is 0 Å². The van der Waals surface area contributed by atoms with Crippen molar-refractivity contribution in [2.24, 2.45) is 0 Å². The SMILES string of the molecule is Cc1cccc2c1OB(O)[C@@H](CC(=O)C(NC(=O)N1CCN(CCF)C(=O)C1=O)c1nc(N)sc1Cl)C2. The zero-order chi connectivity index (χ0) is 26.9. The summed E-state index contributed by atoms with van der Waals surface area (Å²) in [6.45, 7) is 0.529. The number of ketones is 1. The van der Waals surface area contributed by atoms with Gasteiger partial charge in [-0.15, -0.1) is 0 Å². The summed E-state index contributed by atoms with van der Waals surface area (Å²) in [6, 6.07) is 3.11. The van der Waals surface area contributed by atoms with Crippen molar-refractivity contribution in [3.05, 3.63) is 39.4 Å². The minimum Gasteiger partial charge on any atom is -0.536 e. The number of hydrogen-bond acceptors (Lipinski definition) is 9. The summed E-state index contributed by atoms with van der Waals surface area (Å²) >= 11 is 7.14. The number of carbonyl (C=O) groups is 4. The minimum atomic E-state index is -1.41. The van der Waals surface area contributed by atoms with Gasteiger partial charge in [-0.3, -0.25) is 19.3 Å². The Bertz CT molecular complexity index is 1250. The molecule has 196 valence electrons. The van der Waals surface area contributed by atoms with Gasteiger partial charge in [0.2, 0.25) is 0 Å². The molecule has 4 amide bonds. The molecule has 3 heterocycles. The molecular weight excluding hydrogens is 528 g/mol. The highest BCUT2D eigenvalue weighted by Crippen LogP contribution is 2.38. The largest absolute Gasteiger partial charge is 0.536 e. The molecule has 1 saturated heterocycles. The lowest BCUT2D eigenvalue weighted by Gasteiger charge is -2.33. The Morgan fingerprint density at radius 3 is 2.81 bits per heavy atom. The lowest BCUT2D eigenvalue weighted by molar-refractivity contribution is -0.153. The third-order valence-corrected chi connectivity index (χ3v) is 7.39. The fourth-order valence-corrected chi connectivity index (χ4v) is 5.37. The average molecular weight is 552 g/mol. The molecule has 4 rings (SSSR count). The number of nitrogens with zero attached hydrogens (tertiary/aromatic N) is 3. The van der Waals surface area contributed by atoms with Gasteiger partial charge in [0, 0.05) is 31.9 Å². The van der Waals surface area contributed by atoms with Crippen LogP contribution in [0.15, 0.2) is 18.2 Å². The number of piperazine rings is 1. The molecule has 4 N–H and O–H groups in total. The molecule has 1 aromatic heterocycles. The quantitative estimate of drug-likeness (QED) is 0.346. The van der Waals surface area contributed by atoms with E-state index in [2.05, 4.69) is 10.3 Å². The Kier molecular flexibility index (Phi) is 8.00. The number of Topliss-reactive ketones (excluding diaryl/α,β-unsaturated/α-hetero) is 1. The Balaban J connectivity index is 1.53. The Morgan fingerprint density at radius 2 is 2.14 bits per heavy atom. The van der Waals surface area contributed by atoms with Gasteiger partial charge in [0.25, 0.3) is 0 Å². The van der Waals surface area contributed by atoms with E-state index < -0.39 is 49.3 Å². The second kappa shape index (κ2) is 11.0. The predicted molar refractivity (Wildman–Crippen MR) is 134 cm³/mol. The summed E-state index contributed by atoms with van der Waals surface area (Å²) in [5.74, 6) is -2.79. The Labute approximate surface area is 220 Å². The van der Waals surface area contributed by atoms with Gasteiger partial charge in [0.1, 0.15) is 28.5 Å². The molecule has 1 fully saturated rings. The van der Waals surface area contributed by atoms with E-state index in [-0.39, 0.29) is 41.2 Å². The summed E-state index contributed by atoms with van der Waals surface area (Å²) in [4.78, 5) is 56.9. The van der Waals surface area contributed by atoms with Gasteiger partial charge in [-0.1, -0.05) is 41.1 Å². The molecular formula is C22H24BClFN5O6S. The average Bonchev–Trinajstić information content (AvgIpc) is 3.19. The molecule has 2 atom stereocenters. The number of benzene rings is 1. The Morgan fingerprint density at radius 1 is 1.38 bits per heavy atom. The van der Waals surface area contributed by atoms with E-state index in [0.29, 0.717) is 17.1 Å². The van der Waals surface area contributed by atoms with Crippen molar-refractivity contribution in [2.75, 3.05) is 32.0 Å². The number of aryl methyl sites for hydroxylation is 1. The van der Waals surface area contributed by atoms with Crippen LogP contribution in [0.4, 0.5) is 14.3 Å². The Hall–Kier alpha value is -3.23. The van der Waals surface area contributed by atoms with Gasteiger partial charge >= 0.3 is 25.0 Å². The van der Waals surface area contributed by atoms with Crippen LogP contribution in [0.5, 0.6) is 5.75 Å². The number of halogens is 2. The molecule has 1 aromatic carbocycles. The van der Waals surface area contributed by atoms with E-state index in [1.807, 2.05) is 25.1 Å². The number of carbonyl (C=O) groups excluding carboxylic acids is 4. The monoisotopic (exact) mass is 551 g/mol. The van der Waals surface area contributed by atoms with Crippen LogP contribution in [0, 0.1) is 6.92 Å². The second-order valence-electron chi connectivity index (χ2n) is 8.74. The van der Waals surface area contributed by atoms with Crippen LogP contribution in [0.1, 0.15) is 29.3 Å². The standard InChI is InChI=1S/C22H24BClFN5O6S/c1-11-3-2-4-12-9-13(23(35)36-17(11)12)10-14(31)15(16-18(24)37-21(26)27-16)28-22(34)30-8-7-29(6-5-25)19(32)20(30)33/h2-4,13,15,35H,5-10H2,1H3,(H2,26,27)(H,28,34)/t13-,15?/m1/s1. The fraction of sp³-hybridized carbons (Fsp3) is 0.409. The topological polar surface area (TPSA) is 155 Å². The molecule has 2 aliphatic heterocycles. The van der Waals surface area contributed by atoms with Crippen molar-refractivity contribution in [2.45, 2.75) is 31.6 Å². The summed E-state index contributed by atoms with van der Waals surface area (Å²) in [5.41, 5.74) is 7.41. The van der Waals surface area contributed by atoms with Gasteiger partial charge < -0.3 is 25.6 Å². The van der Waals surface area contributed by atoms with Gasteiger partial charge in [-0.05, 0) is 24.5 Å². The number of nitrogens with two attached hydrogens (primary N) is 1. The zero-order valence-corrected chi connectivity index (χ0v) is 21.4. The molecule has 0 spiro atoms. The maximum atomic E-state index is 13.5. The number of amides is 4. The van der Waals surface area contributed by atoms with Crippen LogP contribution in [0.2, 0.25) is 10.2 Å². The van der Waals surface area contributed by atoms with Crippen molar-refractivity contribution in [1.82, 2.24) is 20.1 Å². The van der Waals surface area contributed by atoms with Crippen LogP contribution in [0.25, 0.3) is 0 Å². The third kappa shape index (κ3) is 5.55. The first kappa shape index (κ1) is 26.8. The van der Waals surface area contributed by atoms with Crippen LogP contribution in [-0.4, -0.2) is 76.9 Å². The predicted octanol–water partition coefficient (Wildman–Crippen LogP) is 1.52. The lowest BCUT2D eigenvalue weighted by atomic mass is 9.64. The number of fused-ring (bicyclic) bond motifs is 1. The number of para-hydroxylation sites is 1. The number of alkyl halides is 1. The smallest absolute Gasteiger partial charge is 0.526 e. The zero-order valence-electron chi connectivity index (χ0n) is 19.8. The van der Waals surface area contributed by atoms with E-state index >= 15 is 0 Å². The van der Waals surface area contributed by atoms with E-state index in [1.165, 1.54) is 0 Å². The van der Waals surface area contributed by atoms with E-state index in [0.717, 1.165) is 27.4 Å². The molecule has 15 heteroatoms. The molecule has 0 aliphatic carbocycles. The maximum Gasteiger partial charge on any atom is 0.526 e. The molecule has 0 bridgehead atoms. The van der Waals surface area contributed by atoms with E-state index in [9.17, 15) is 28.6 Å². The van der Waals surface area contributed by atoms with Crippen LogP contribution in [0.3, 0.4) is 0 Å². The van der Waals surface area contributed by atoms with Crippen molar-refractivity contribution < 1.29 is 33.2 Å². The number of anilines is 1. The number of aromatic nitrogens is 1. The number of urea groups is 1. The number of imide groups is 1. The normalized spacial score (nSPS) is 18.4. The summed E-state index contributed by atoms with van der Waals surface area (Å²) in [6.07, 6.45) is 0.130. The van der Waals surface area contributed by atoms with Crippen molar-refractivity contribution >= 4 is 58.8 Å². The first-order valence-electron chi connectivity index (χ1n) is 11.5. The molecule has 0 saturated carbocycles. The van der Waals surface area contributed by atoms with Crippen LogP contribution < -0.4 is 15.7 Å². The third-order valence-electron chi connectivity index (χ3n) is 6.28. The minimum absolute atomic E-state index is 0.0141. The number of hydrogen-bond donors (Lipinski definition) is 3. The first-order valence-corrected chi connectivity index (χ1v) is 12.6. The molecule has 2 aromatic rings. The highest BCUT2D eigenvalue weighted by Gasteiger charge is 2.41. The second-order valence-corrected chi connectivity index (χ2v) is 10.4. The number of nitrogens with one attached hydrogen (secondary N) is 1. The molecule has 11 nitrogen and oxygen atoms in total. The van der Waals surface area contributed by atoms with E-state index in [4.69, 9.17) is 22.0 Å². The van der Waals surface area contributed by atoms with Gasteiger partial charge in [0.15, 0.2) is 10.9 Å². The number of rotatable bonds is 7. The van der Waals surface area contributed by atoms with E-state index in [1.54, 1.807) is 0 Å². The number of thiazole rings is 1. The molecule has 1 unspecified atom stereocenters. The highest BCUT2D eigenvalue weighted by molar-refractivity contribution is 7.19. The van der Waals surface area contributed by atoms with Crippen molar-refractivity contribution in [3.8, 4) is 5.75 Å². The molecule has 37 heavy (non-hydrogen) atoms. The van der Waals surface area contributed by atoms with Gasteiger partial charge in [0.05, 0.1) is 0 Å². The molecule has 2 aliphatic rings. The first-order chi connectivity index (χ1) is 17.6. The summed E-state index contributed by atoms with van der Waals surface area (Å²) in [7, 11) is -1.27. The maximum absolute atomic E-state index is 13.5. The van der Waals surface area contributed by atoms with Gasteiger partial charge in [-0.25, -0.2) is 14.2 Å².